The van der Waals surface area contributed by atoms with Crippen LogP contribution in [0, 0.1) is 0 Å². The molecule has 0 radical (unpaired) electrons. The molecule has 0 aliphatic rings. The van der Waals surface area contributed by atoms with Crippen molar-refractivity contribution in [2.45, 2.75) is 68.2 Å². The average molecular weight is 320 g/mol. The lowest BCUT2D eigenvalue weighted by Crippen LogP contribution is -1.95. The molecule has 0 unspecified atom stereocenters. The average Bonchev–Trinajstić information content (AvgIpc) is 2.40. The van der Waals surface area contributed by atoms with E-state index in [4.69, 9.17) is 0 Å². The molecule has 6 nitrogen and oxygen atoms in total. The van der Waals surface area contributed by atoms with E-state index in [1.54, 1.807) is 27.7 Å². The zero-order valence-electron chi connectivity index (χ0n) is 15.3. The topological polar surface area (TPSA) is 86.7 Å². The summed E-state index contributed by atoms with van der Waals surface area (Å²) in [6.45, 7) is 14.2. The molecular formula is C16H32O6. The van der Waals surface area contributed by atoms with Crippen LogP contribution in [0.4, 0.5) is 0 Å². The second kappa shape index (κ2) is 24.3. The van der Waals surface area contributed by atoms with Gasteiger partial charge in [-0.1, -0.05) is 13.8 Å². The third kappa shape index (κ3) is 79.6. The molecule has 0 aromatic carbocycles. The van der Waals surface area contributed by atoms with Crippen molar-refractivity contribution in [1.29, 1.82) is 0 Å². The van der Waals surface area contributed by atoms with E-state index in [-0.39, 0.29) is 23.5 Å². The molecular weight excluding hydrogens is 288 g/mol. The van der Waals surface area contributed by atoms with Gasteiger partial charge in [0.2, 0.25) is 0 Å². The zero-order valence-corrected chi connectivity index (χ0v) is 15.3. The van der Waals surface area contributed by atoms with Crippen molar-refractivity contribution in [1.82, 2.24) is 0 Å². The maximum Gasteiger partial charge on any atom is 0.302 e. The van der Waals surface area contributed by atoms with E-state index in [0.29, 0.717) is 26.1 Å². The fraction of sp³-hybridized carbons (Fsp3) is 0.750. The standard InChI is InChI=1S/2C4H8O2.2C4H8O/c2*1-3-6-4(2)5;2*1-3-4(2)5/h2*3H2,1-2H3;2*3H2,1-2H3. The fourth-order valence-corrected chi connectivity index (χ4v) is 0.407. The van der Waals surface area contributed by atoms with Gasteiger partial charge in [0.1, 0.15) is 11.6 Å². The Bertz CT molecular complexity index is 267. The molecule has 0 atom stereocenters. The smallest absolute Gasteiger partial charge is 0.302 e. The lowest BCUT2D eigenvalue weighted by molar-refractivity contribution is -0.141. The minimum Gasteiger partial charge on any atom is -0.466 e. The molecule has 0 aromatic heterocycles. The van der Waals surface area contributed by atoms with Gasteiger partial charge in [-0.3, -0.25) is 9.59 Å². The van der Waals surface area contributed by atoms with Crippen LogP contribution >= 0.6 is 0 Å². The third-order valence-corrected chi connectivity index (χ3v) is 1.69. The van der Waals surface area contributed by atoms with E-state index in [0.717, 1.165) is 0 Å². The van der Waals surface area contributed by atoms with Crippen LogP contribution < -0.4 is 0 Å². The number of hydrogen-bond donors (Lipinski definition) is 0. The lowest BCUT2D eigenvalue weighted by Gasteiger charge is -1.89. The second-order valence-electron chi connectivity index (χ2n) is 3.96. The number of carbonyl (C=O) groups excluding carboxylic acids is 4. The SMILES string of the molecule is CCC(C)=O.CCC(C)=O.CCOC(C)=O.CCOC(C)=O. The van der Waals surface area contributed by atoms with E-state index in [1.165, 1.54) is 13.8 Å². The number of hydrogen-bond acceptors (Lipinski definition) is 6. The predicted octanol–water partition coefficient (Wildman–Crippen LogP) is 3.11. The van der Waals surface area contributed by atoms with Crippen molar-refractivity contribution < 1.29 is 28.7 Å². The van der Waals surface area contributed by atoms with Gasteiger partial charge in [0.05, 0.1) is 13.2 Å². The van der Waals surface area contributed by atoms with Crippen LogP contribution in [0.2, 0.25) is 0 Å². The Kier molecular flexibility index (Phi) is 31.4. The van der Waals surface area contributed by atoms with Gasteiger partial charge in [-0.05, 0) is 27.7 Å². The van der Waals surface area contributed by atoms with Crippen molar-refractivity contribution in [3.8, 4) is 0 Å². The molecule has 0 aliphatic heterocycles. The molecule has 0 aliphatic carbocycles. The highest BCUT2D eigenvalue weighted by Crippen LogP contribution is 1.72. The predicted molar refractivity (Wildman–Crippen MR) is 86.6 cm³/mol. The number of carbonyl (C=O) groups is 4. The molecule has 0 N–H and O–H groups in total. The Hall–Kier alpha value is -1.72. The summed E-state index contributed by atoms with van der Waals surface area (Å²) < 4.78 is 8.81. The summed E-state index contributed by atoms with van der Waals surface area (Å²) in [5.41, 5.74) is 0. The molecule has 0 amide bonds. The minimum atomic E-state index is -0.211. The van der Waals surface area contributed by atoms with Gasteiger partial charge in [-0.15, -0.1) is 0 Å². The molecule has 0 saturated heterocycles. The highest BCUT2D eigenvalue weighted by Gasteiger charge is 1.82. The molecule has 0 bridgehead atoms. The Morgan fingerprint density at radius 1 is 0.591 bits per heavy atom. The van der Waals surface area contributed by atoms with E-state index in [1.807, 2.05) is 13.8 Å². The highest BCUT2D eigenvalue weighted by molar-refractivity contribution is 5.75. The minimum absolute atomic E-state index is 0.211. The summed E-state index contributed by atoms with van der Waals surface area (Å²) in [6.07, 6.45) is 1.33. The molecule has 22 heavy (non-hydrogen) atoms. The van der Waals surface area contributed by atoms with Crippen molar-refractivity contribution in [3.63, 3.8) is 0 Å². The number of rotatable bonds is 4. The summed E-state index contributed by atoms with van der Waals surface area (Å²) in [7, 11) is 0. The van der Waals surface area contributed by atoms with Gasteiger partial charge in [-0.2, -0.15) is 0 Å². The lowest BCUT2D eigenvalue weighted by atomic mass is 10.4. The van der Waals surface area contributed by atoms with Crippen molar-refractivity contribution in [3.05, 3.63) is 0 Å². The first-order valence-electron chi connectivity index (χ1n) is 7.34. The number of esters is 2. The van der Waals surface area contributed by atoms with Crippen LogP contribution in [0.3, 0.4) is 0 Å². The van der Waals surface area contributed by atoms with Gasteiger partial charge < -0.3 is 19.1 Å². The summed E-state index contributed by atoms with van der Waals surface area (Å²) in [6, 6.07) is 0. The van der Waals surface area contributed by atoms with Crippen LogP contribution in [0.5, 0.6) is 0 Å². The maximum atomic E-state index is 9.82. The third-order valence-electron chi connectivity index (χ3n) is 1.69. The highest BCUT2D eigenvalue weighted by atomic mass is 16.5. The Morgan fingerprint density at radius 3 is 0.773 bits per heavy atom. The van der Waals surface area contributed by atoms with Crippen molar-refractivity contribution >= 4 is 23.5 Å². The van der Waals surface area contributed by atoms with Gasteiger partial charge >= 0.3 is 11.9 Å². The maximum absolute atomic E-state index is 9.82. The molecule has 0 heterocycles. The van der Waals surface area contributed by atoms with E-state index < -0.39 is 0 Å². The summed E-state index contributed by atoms with van der Waals surface area (Å²) in [4.78, 5) is 39.3. The van der Waals surface area contributed by atoms with Gasteiger partial charge in [0.25, 0.3) is 0 Å². The molecule has 0 fully saturated rings. The van der Waals surface area contributed by atoms with Gasteiger partial charge in [0.15, 0.2) is 0 Å². The van der Waals surface area contributed by atoms with Crippen LogP contribution in [-0.2, 0) is 28.7 Å². The first-order valence-corrected chi connectivity index (χ1v) is 7.34. The largest absolute Gasteiger partial charge is 0.466 e. The summed E-state index contributed by atoms with van der Waals surface area (Å²) in [5, 5.41) is 0. The molecule has 6 heteroatoms. The van der Waals surface area contributed by atoms with E-state index in [9.17, 15) is 19.2 Å². The Labute approximate surface area is 134 Å². The van der Waals surface area contributed by atoms with Crippen LogP contribution in [0.25, 0.3) is 0 Å². The van der Waals surface area contributed by atoms with Crippen molar-refractivity contribution in [2.24, 2.45) is 0 Å². The zero-order chi connectivity index (χ0) is 18.6. The Morgan fingerprint density at radius 2 is 0.773 bits per heavy atom. The van der Waals surface area contributed by atoms with Gasteiger partial charge in [-0.25, -0.2) is 0 Å². The summed E-state index contributed by atoms with van der Waals surface area (Å²) >= 11 is 0. The van der Waals surface area contributed by atoms with Crippen LogP contribution in [-0.4, -0.2) is 36.7 Å². The fourth-order valence-electron chi connectivity index (χ4n) is 0.407. The second-order valence-corrected chi connectivity index (χ2v) is 3.96. The van der Waals surface area contributed by atoms with E-state index in [2.05, 4.69) is 9.47 Å². The molecule has 0 aromatic rings. The van der Waals surface area contributed by atoms with Crippen LogP contribution in [0.1, 0.15) is 68.2 Å². The molecule has 0 saturated carbocycles. The quantitative estimate of drug-likeness (QED) is 0.740. The summed E-state index contributed by atoms with van der Waals surface area (Å²) in [5.74, 6) is 0.0880. The van der Waals surface area contributed by atoms with E-state index >= 15 is 0 Å². The van der Waals surface area contributed by atoms with Gasteiger partial charge in [0, 0.05) is 26.7 Å². The number of ketones is 2. The first kappa shape index (κ1) is 28.4. The van der Waals surface area contributed by atoms with Crippen LogP contribution in [0.15, 0.2) is 0 Å². The molecule has 0 spiro atoms. The molecule has 132 valence electrons. The first-order chi connectivity index (χ1) is 10.1. The monoisotopic (exact) mass is 320 g/mol. The van der Waals surface area contributed by atoms with Crippen molar-refractivity contribution in [2.75, 3.05) is 13.2 Å². The normalized spacial score (nSPS) is 7.64. The Balaban J connectivity index is -0.0000000986. The number of Topliss-reactive ketones (excluding diaryl/α,β-unsaturated/α-hetero) is 2. The number of ether oxygens (including phenoxy) is 2. The molecule has 0 rings (SSSR count).